The van der Waals surface area contributed by atoms with Gasteiger partial charge in [-0.3, -0.25) is 0 Å². The maximum absolute atomic E-state index is 6.13. The molecule has 1 heterocycles. The molecular weight excluding hydrogens is 234 g/mol. The van der Waals surface area contributed by atoms with Crippen LogP contribution < -0.4 is 10.1 Å². The zero-order valence-electron chi connectivity index (χ0n) is 10.1. The summed E-state index contributed by atoms with van der Waals surface area (Å²) < 4.78 is 5.69. The van der Waals surface area contributed by atoms with Crippen LogP contribution in [0, 0.1) is 5.92 Å². The summed E-state index contributed by atoms with van der Waals surface area (Å²) in [4.78, 5) is 0. The Labute approximate surface area is 107 Å². The minimum Gasteiger partial charge on any atom is -0.493 e. The van der Waals surface area contributed by atoms with Gasteiger partial charge in [0.05, 0.1) is 6.61 Å². The Hall–Kier alpha value is -0.730. The Bertz CT molecular complexity index is 432. The second kappa shape index (κ2) is 4.51. The van der Waals surface area contributed by atoms with Crippen molar-refractivity contribution in [1.29, 1.82) is 0 Å². The molecule has 2 aliphatic rings. The van der Waals surface area contributed by atoms with Crippen molar-refractivity contribution in [1.82, 2.24) is 5.32 Å². The van der Waals surface area contributed by atoms with E-state index in [9.17, 15) is 0 Å². The van der Waals surface area contributed by atoms with Crippen LogP contribution in [0.5, 0.6) is 5.75 Å². The standard InChI is InChI=1S/C14H18ClNO/c1-2-9-7-13(9)16-8-11-6-12(15)5-10-3-4-17-14(10)11/h5-6,9,13,16H,2-4,7-8H2,1H3. The summed E-state index contributed by atoms with van der Waals surface area (Å²) >= 11 is 6.13. The van der Waals surface area contributed by atoms with Gasteiger partial charge in [-0.25, -0.2) is 0 Å². The summed E-state index contributed by atoms with van der Waals surface area (Å²) in [7, 11) is 0. The van der Waals surface area contributed by atoms with Crippen molar-refractivity contribution in [2.45, 2.75) is 38.8 Å². The summed E-state index contributed by atoms with van der Waals surface area (Å²) in [6, 6.07) is 4.76. The van der Waals surface area contributed by atoms with Gasteiger partial charge in [0, 0.05) is 29.6 Å². The molecule has 1 aliphatic carbocycles. The maximum atomic E-state index is 6.13. The van der Waals surface area contributed by atoms with Crippen molar-refractivity contribution >= 4 is 11.6 Å². The number of benzene rings is 1. The van der Waals surface area contributed by atoms with Gasteiger partial charge in [-0.05, 0) is 30.0 Å². The highest BCUT2D eigenvalue weighted by molar-refractivity contribution is 6.30. The van der Waals surface area contributed by atoms with Crippen LogP contribution in [-0.2, 0) is 13.0 Å². The highest BCUT2D eigenvalue weighted by atomic mass is 35.5. The third kappa shape index (κ3) is 2.29. The van der Waals surface area contributed by atoms with E-state index in [1.54, 1.807) is 0 Å². The first-order valence-electron chi connectivity index (χ1n) is 6.45. The van der Waals surface area contributed by atoms with Crippen LogP contribution in [-0.4, -0.2) is 12.6 Å². The number of nitrogens with one attached hydrogen (secondary N) is 1. The number of rotatable bonds is 4. The smallest absolute Gasteiger partial charge is 0.127 e. The van der Waals surface area contributed by atoms with Crippen molar-refractivity contribution in [3.8, 4) is 5.75 Å². The van der Waals surface area contributed by atoms with E-state index in [1.165, 1.54) is 24.0 Å². The van der Waals surface area contributed by atoms with Crippen LogP contribution in [0.3, 0.4) is 0 Å². The first-order chi connectivity index (χ1) is 8.28. The van der Waals surface area contributed by atoms with Gasteiger partial charge in [0.2, 0.25) is 0 Å². The van der Waals surface area contributed by atoms with Gasteiger partial charge in [-0.1, -0.05) is 24.9 Å². The topological polar surface area (TPSA) is 21.3 Å². The van der Waals surface area contributed by atoms with Crippen molar-refractivity contribution in [3.05, 3.63) is 28.3 Å². The molecule has 17 heavy (non-hydrogen) atoms. The predicted octanol–water partition coefficient (Wildman–Crippen LogP) is 3.16. The molecule has 3 rings (SSSR count). The lowest BCUT2D eigenvalue weighted by molar-refractivity contribution is 0.352. The molecule has 0 radical (unpaired) electrons. The quantitative estimate of drug-likeness (QED) is 0.888. The number of hydrogen-bond donors (Lipinski definition) is 1. The Kier molecular flexibility index (Phi) is 3.01. The summed E-state index contributed by atoms with van der Waals surface area (Å²) in [5.41, 5.74) is 2.48. The largest absolute Gasteiger partial charge is 0.493 e. The van der Waals surface area contributed by atoms with Crippen LogP contribution in [0.15, 0.2) is 12.1 Å². The lowest BCUT2D eigenvalue weighted by Crippen LogP contribution is -2.18. The fraction of sp³-hybridized carbons (Fsp3) is 0.571. The fourth-order valence-electron chi connectivity index (χ4n) is 2.67. The maximum Gasteiger partial charge on any atom is 0.127 e. The molecule has 0 saturated heterocycles. The normalized spacial score (nSPS) is 25.5. The fourth-order valence-corrected chi connectivity index (χ4v) is 2.93. The Morgan fingerprint density at radius 1 is 1.47 bits per heavy atom. The van der Waals surface area contributed by atoms with Crippen LogP contribution in [0.25, 0.3) is 0 Å². The molecule has 2 unspecified atom stereocenters. The van der Waals surface area contributed by atoms with Gasteiger partial charge >= 0.3 is 0 Å². The molecule has 2 atom stereocenters. The Morgan fingerprint density at radius 2 is 2.35 bits per heavy atom. The molecule has 0 bridgehead atoms. The molecule has 0 aromatic heterocycles. The van der Waals surface area contributed by atoms with E-state index in [0.717, 1.165) is 36.3 Å². The molecular formula is C14H18ClNO. The highest BCUT2D eigenvalue weighted by Gasteiger charge is 2.34. The van der Waals surface area contributed by atoms with Crippen LogP contribution >= 0.6 is 11.6 Å². The average Bonchev–Trinajstić information content (AvgIpc) is 2.93. The summed E-state index contributed by atoms with van der Waals surface area (Å²) in [6.45, 7) is 3.93. The SMILES string of the molecule is CCC1CC1NCc1cc(Cl)cc2c1OCC2. The predicted molar refractivity (Wildman–Crippen MR) is 69.7 cm³/mol. The lowest BCUT2D eigenvalue weighted by Gasteiger charge is -2.10. The van der Waals surface area contributed by atoms with Gasteiger partial charge in [-0.2, -0.15) is 0 Å². The number of halogens is 1. The van der Waals surface area contributed by atoms with Crippen molar-refractivity contribution in [2.75, 3.05) is 6.61 Å². The Morgan fingerprint density at radius 3 is 3.12 bits per heavy atom. The third-order valence-electron chi connectivity index (χ3n) is 3.83. The first-order valence-corrected chi connectivity index (χ1v) is 6.83. The van der Waals surface area contributed by atoms with Gasteiger partial charge < -0.3 is 10.1 Å². The van der Waals surface area contributed by atoms with Crippen molar-refractivity contribution in [2.24, 2.45) is 5.92 Å². The zero-order valence-corrected chi connectivity index (χ0v) is 10.9. The van der Waals surface area contributed by atoms with E-state index in [1.807, 2.05) is 12.1 Å². The molecule has 1 aliphatic heterocycles. The molecule has 0 spiro atoms. The molecule has 1 saturated carbocycles. The van der Waals surface area contributed by atoms with Gasteiger partial charge in [0.15, 0.2) is 0 Å². The zero-order chi connectivity index (χ0) is 11.8. The monoisotopic (exact) mass is 251 g/mol. The number of hydrogen-bond acceptors (Lipinski definition) is 2. The lowest BCUT2D eigenvalue weighted by atomic mass is 10.1. The van der Waals surface area contributed by atoms with E-state index in [2.05, 4.69) is 12.2 Å². The van der Waals surface area contributed by atoms with E-state index in [4.69, 9.17) is 16.3 Å². The summed E-state index contributed by atoms with van der Waals surface area (Å²) in [6.07, 6.45) is 3.59. The minimum atomic E-state index is 0.705. The summed E-state index contributed by atoms with van der Waals surface area (Å²) in [5, 5.41) is 4.42. The van der Waals surface area contributed by atoms with Gasteiger partial charge in [0.1, 0.15) is 5.75 Å². The van der Waals surface area contributed by atoms with Crippen molar-refractivity contribution in [3.63, 3.8) is 0 Å². The molecule has 92 valence electrons. The first kappa shape index (κ1) is 11.4. The van der Waals surface area contributed by atoms with Crippen molar-refractivity contribution < 1.29 is 4.74 Å². The second-order valence-corrected chi connectivity index (χ2v) is 5.48. The van der Waals surface area contributed by atoms with Crippen LogP contribution in [0.4, 0.5) is 0 Å². The molecule has 2 nitrogen and oxygen atoms in total. The second-order valence-electron chi connectivity index (χ2n) is 5.04. The minimum absolute atomic E-state index is 0.705. The van der Waals surface area contributed by atoms with E-state index >= 15 is 0 Å². The average molecular weight is 252 g/mol. The molecule has 1 aromatic rings. The molecule has 1 aromatic carbocycles. The molecule has 1 N–H and O–H groups in total. The van der Waals surface area contributed by atoms with Crippen LogP contribution in [0.2, 0.25) is 5.02 Å². The Balaban J connectivity index is 1.70. The molecule has 3 heteroatoms. The highest BCUT2D eigenvalue weighted by Crippen LogP contribution is 2.36. The van der Waals surface area contributed by atoms with Gasteiger partial charge in [-0.15, -0.1) is 0 Å². The number of ether oxygens (including phenoxy) is 1. The molecule has 1 fully saturated rings. The van der Waals surface area contributed by atoms with Gasteiger partial charge in [0.25, 0.3) is 0 Å². The summed E-state index contributed by atoms with van der Waals surface area (Å²) in [5.74, 6) is 1.94. The van der Waals surface area contributed by atoms with E-state index in [-0.39, 0.29) is 0 Å². The third-order valence-corrected chi connectivity index (χ3v) is 4.05. The number of fused-ring (bicyclic) bond motifs is 1. The van der Waals surface area contributed by atoms with E-state index < -0.39 is 0 Å². The van der Waals surface area contributed by atoms with Crippen LogP contribution in [0.1, 0.15) is 30.9 Å². The molecule has 0 amide bonds. The van der Waals surface area contributed by atoms with E-state index in [0.29, 0.717) is 6.04 Å².